The molecule has 0 bridgehead atoms. The SMILES string of the molecule is C.C.C.C.CO[C-]=COC.Cc1cnc(-c2[c-]cccc2)cc1C.Cc1cnc(-c2[c-]cccc2)cc1C.Cc1cnc(-c2[c-]cccc2)cc1C.Cc1cnc(-c2ccccc2)cc1C.Cc1cnc(-c2ccccc2Br)cc1C.Cc1cnc(Br)cc1C.OB(O)c1ccccc1.[CH2-]/C(=C/OC)OC.[CH2-]/C(=C/OC)OC.[CH2-]CCC.[Cl][Ir]([Cl])[Cl].[Ir+3].[Li+].[Li+].[Pd+2].[Y].[Y].[Y].[Y].[Y].[Y]. The van der Waals surface area contributed by atoms with Crippen LogP contribution in [0.3, 0.4) is 0 Å². The van der Waals surface area contributed by atoms with Gasteiger partial charge >= 0.3 is 128 Å². The van der Waals surface area contributed by atoms with Crippen molar-refractivity contribution in [3.05, 3.63) is 383 Å². The van der Waals surface area contributed by atoms with Crippen molar-refractivity contribution in [2.24, 2.45) is 0 Å². The molecule has 0 saturated carbocycles. The number of benzene rings is 6. The van der Waals surface area contributed by atoms with Gasteiger partial charge in [0.15, 0.2) is 0 Å². The molecule has 0 aliphatic rings. The molecule has 14 nitrogen and oxygen atoms in total. The minimum absolute atomic E-state index is 0. The number of allylic oxidation sites excluding steroid dienone is 2. The number of halogens is 5. The molecule has 131 heavy (non-hydrogen) atoms. The van der Waals surface area contributed by atoms with Crippen LogP contribution in [0.25, 0.3) is 56.3 Å². The fourth-order valence-electron chi connectivity index (χ4n) is 8.48. The van der Waals surface area contributed by atoms with Crippen LogP contribution in [-0.4, -0.2) is 89.7 Å². The second-order valence-electron chi connectivity index (χ2n) is 25.0. The van der Waals surface area contributed by atoms with Gasteiger partial charge < -0.3 is 60.3 Å². The maximum atomic E-state index is 8.58. The molecule has 0 amide bonds. The molecule has 6 aromatic heterocycles. The Kier molecular flexibility index (Phi) is 124. The van der Waals surface area contributed by atoms with Crippen molar-refractivity contribution in [1.82, 2.24) is 29.9 Å². The number of aryl methyl sites for hydroxylation is 12. The van der Waals surface area contributed by atoms with Crippen LogP contribution in [0.15, 0.2) is 271 Å². The largest absolute Gasteiger partial charge is 3.00 e. The first kappa shape index (κ1) is 161. The molecule has 2 N–H and O–H groups in total. The minimum Gasteiger partial charge on any atom is 0 e. The van der Waals surface area contributed by atoms with E-state index < -0.39 is 20.6 Å². The van der Waals surface area contributed by atoms with Gasteiger partial charge in [-0.1, -0.05) is 179 Å². The van der Waals surface area contributed by atoms with E-state index in [1.165, 1.54) is 126 Å². The Morgan fingerprint density at radius 1 is 0.420 bits per heavy atom. The maximum Gasteiger partial charge on any atom is 3.00 e. The number of nitrogens with zero attached hydrogens (tertiary/aromatic N) is 6. The van der Waals surface area contributed by atoms with Crippen molar-refractivity contribution in [2.45, 2.75) is 133 Å². The van der Waals surface area contributed by atoms with E-state index in [-0.39, 0.29) is 304 Å². The zero-order valence-electron chi connectivity index (χ0n) is 76.6. The van der Waals surface area contributed by atoms with E-state index in [1.807, 2.05) is 159 Å². The van der Waals surface area contributed by atoms with Crippen molar-refractivity contribution in [2.75, 3.05) is 42.7 Å². The summed E-state index contributed by atoms with van der Waals surface area (Å²) in [5.41, 5.74) is 26.1. The molecule has 12 rings (SSSR count). The first-order valence-electron chi connectivity index (χ1n) is 36.6. The summed E-state index contributed by atoms with van der Waals surface area (Å²) in [6.45, 7) is 37.7. The Morgan fingerprint density at radius 2 is 0.695 bits per heavy atom. The van der Waals surface area contributed by atoms with Gasteiger partial charge in [0.25, 0.3) is 0 Å². The van der Waals surface area contributed by atoms with Crippen molar-refractivity contribution in [1.29, 1.82) is 0 Å². The van der Waals surface area contributed by atoms with E-state index >= 15 is 0 Å². The third-order valence-corrected chi connectivity index (χ3v) is 17.3. The zero-order valence-corrected chi connectivity index (χ0v) is 105. The van der Waals surface area contributed by atoms with E-state index in [0.717, 1.165) is 66.2 Å². The van der Waals surface area contributed by atoms with E-state index in [9.17, 15) is 0 Å². The quantitative estimate of drug-likeness (QED) is 0.0483. The van der Waals surface area contributed by atoms with Gasteiger partial charge in [-0.3, -0.25) is 16.2 Å². The van der Waals surface area contributed by atoms with E-state index in [0.29, 0.717) is 17.0 Å². The molecule has 6 heterocycles. The average molecular weight is 2860 g/mol. The number of methoxy groups -OCH3 is 6. The Hall–Kier alpha value is -0.426. The normalized spacial score (nSPS) is 8.95. The third-order valence-electron chi connectivity index (χ3n) is 16.1. The van der Waals surface area contributed by atoms with Crippen molar-refractivity contribution < 1.29 is 326 Å². The third kappa shape index (κ3) is 76.0. The smallest absolute Gasteiger partial charge is 0 e. The van der Waals surface area contributed by atoms with Gasteiger partial charge in [-0.2, -0.15) is 6.42 Å². The second-order valence-corrected chi connectivity index (χ2v) is 37.1. The Balaban J connectivity index is -0.0000000958. The Morgan fingerprint density at radius 3 is 0.931 bits per heavy atom. The Labute approximate surface area is 1030 Å². The summed E-state index contributed by atoms with van der Waals surface area (Å²) in [6, 6.07) is 72.8. The molecule has 0 aliphatic carbocycles. The number of unbranched alkanes of at least 4 members (excludes halogenated alkanes) is 1. The summed E-state index contributed by atoms with van der Waals surface area (Å²) in [7, 11) is 22.8. The molecule has 6 aromatic carbocycles. The van der Waals surface area contributed by atoms with E-state index in [4.69, 9.17) is 38.8 Å². The van der Waals surface area contributed by atoms with Gasteiger partial charge in [-0.05, 0) is 220 Å². The number of rotatable bonds is 13. The molecule has 0 atom stereocenters. The molecule has 690 valence electrons. The first-order valence-corrected chi connectivity index (χ1v) is 47.1. The van der Waals surface area contributed by atoms with Crippen molar-refractivity contribution >= 4 is 73.2 Å². The molecule has 0 spiro atoms. The zero-order chi connectivity index (χ0) is 87.5. The average Bonchev–Trinajstić information content (AvgIpc) is 0.835. The van der Waals surface area contributed by atoms with Crippen LogP contribution in [-0.2, 0) is 279 Å². The molecule has 12 aromatic rings. The van der Waals surface area contributed by atoms with Crippen LogP contribution in [0.4, 0.5) is 0 Å². The molecule has 0 aliphatic heterocycles. The van der Waals surface area contributed by atoms with Crippen molar-refractivity contribution in [3.8, 4) is 56.3 Å². The topological polar surface area (TPSA) is 173 Å². The predicted octanol–water partition coefficient (Wildman–Crippen LogP) is 21.5. The van der Waals surface area contributed by atoms with Gasteiger partial charge in [0.05, 0.1) is 46.9 Å². The number of ether oxygens (including phenoxy) is 6. The van der Waals surface area contributed by atoms with E-state index in [2.05, 4.69) is 274 Å². The van der Waals surface area contributed by atoms with Crippen LogP contribution < -0.4 is 43.2 Å². The fraction of sp³-hybridized carbons (Fsp3) is 0.250. The summed E-state index contributed by atoms with van der Waals surface area (Å²) in [6.07, 6.45) is 20.3. The van der Waals surface area contributed by atoms with Gasteiger partial charge in [0.2, 0.25) is 0 Å². The summed E-state index contributed by atoms with van der Waals surface area (Å²) in [4.78, 5) is 26.0. The van der Waals surface area contributed by atoms with Crippen molar-refractivity contribution in [3.63, 3.8) is 0 Å². The summed E-state index contributed by atoms with van der Waals surface area (Å²) in [5, 5.41) is 17.2. The number of aromatic nitrogens is 6. The second kappa shape index (κ2) is 101. The molecule has 6 radical (unpaired) electrons. The van der Waals surface area contributed by atoms with Crippen LogP contribution in [0.2, 0.25) is 0 Å². The monoisotopic (exact) mass is 2850 g/mol. The Bertz CT molecular complexity index is 4440. The molecule has 0 saturated heterocycles. The summed E-state index contributed by atoms with van der Waals surface area (Å²) < 4.78 is 29.1. The summed E-state index contributed by atoms with van der Waals surface area (Å²) >= 11 is 4.90. The number of hydrogen-bond donors (Lipinski definition) is 2. The molecular weight excluding hydrogens is 2730 g/mol. The number of hydrogen-bond acceptors (Lipinski definition) is 14. The first-order chi connectivity index (χ1) is 55.9. The number of pyridine rings is 6. The van der Waals surface area contributed by atoms with E-state index in [1.54, 1.807) is 38.5 Å². The molecular formula is C100H126BBr2Cl3Ir2Li2N6O8PdY6. The van der Waals surface area contributed by atoms with Crippen LogP contribution in [0, 0.1) is 128 Å². The molecule has 0 fully saturated rings. The fourth-order valence-corrected chi connectivity index (χ4v) is 9.41. The standard InChI is InChI=1S/C13H12BrN.C13H13N.3C13H12N.C7H8BrN.C6H7BO2.2C5H9O2.C4H7O2.C4H9.4CH4.3ClH.2Ir.2Li.Pd.6Y/c1-9-7-13(15-8-10(9)2)11-5-3-4-6-12(11)14;4*1-10-8-13(14-9-11(10)2)12-6-4-3-5-7-12;1-5-3-7(8)9-4-6(5)2;8-7(9)6-4-2-1-3-5-6;2*1-5(7-3)4-6-2;1-5-3-4-6-2;1-3-4-2;;;;;;;;;;;;;;;;;;/h3-8H,1-2H3;3-9H,1-2H3;3*3-6,8-9H,1-2H3;3-4H,1-2H3;1-5,8-9H;2*4H,1H2,2-3H3;3H,1-2H3;1,3-4H2,2H3;4*1H4;3*1H;;;;;;;;;;;/q;;3*-1;;;4*-1;;;;;;;;2*+3;2*+1;+2;;;;;;/p-3/b;;;;;;;2*5-4-;;;;;;;;;;;;;;;;;;;;. The predicted molar refractivity (Wildman–Crippen MR) is 519 cm³/mol. The van der Waals surface area contributed by atoms with Gasteiger partial charge in [-0.25, -0.2) is 18.8 Å². The van der Waals surface area contributed by atoms with Crippen LogP contribution in [0.5, 0.6) is 0 Å². The maximum absolute atomic E-state index is 8.58. The molecule has 0 unspecified atom stereocenters. The van der Waals surface area contributed by atoms with Gasteiger partial charge in [0, 0.05) is 256 Å². The molecule has 31 heteroatoms. The van der Waals surface area contributed by atoms with Gasteiger partial charge in [-0.15, -0.1) is 108 Å². The van der Waals surface area contributed by atoms with Crippen LogP contribution >= 0.6 is 60.6 Å². The van der Waals surface area contributed by atoms with Gasteiger partial charge in [0.1, 0.15) is 4.60 Å². The minimum atomic E-state index is -1.92. The van der Waals surface area contributed by atoms with Crippen LogP contribution in [0.1, 0.15) is 116 Å². The summed E-state index contributed by atoms with van der Waals surface area (Å²) in [5.74, 6) is 1.06.